The monoisotopic (exact) mass is 401 g/mol. The molecule has 0 radical (unpaired) electrons. The SMILES string of the molecule is Cc1nc(C(F)(F)F)ccc1SN1CC2(C1)CN(C(C)C1CCOCC1)C2. The van der Waals surface area contributed by atoms with Crippen LogP contribution in [-0.2, 0) is 10.9 Å². The van der Waals surface area contributed by atoms with Crippen LogP contribution in [0.15, 0.2) is 17.0 Å². The van der Waals surface area contributed by atoms with Gasteiger partial charge in [-0.05, 0) is 56.7 Å². The fraction of sp³-hybridized carbons (Fsp3) is 0.737. The van der Waals surface area contributed by atoms with E-state index < -0.39 is 11.9 Å². The van der Waals surface area contributed by atoms with Gasteiger partial charge in [0.2, 0.25) is 0 Å². The van der Waals surface area contributed by atoms with Gasteiger partial charge >= 0.3 is 6.18 Å². The Morgan fingerprint density at radius 2 is 1.85 bits per heavy atom. The molecule has 1 aromatic heterocycles. The van der Waals surface area contributed by atoms with E-state index in [-0.39, 0.29) is 0 Å². The third kappa shape index (κ3) is 3.99. The molecule has 1 atom stereocenters. The summed E-state index contributed by atoms with van der Waals surface area (Å²) in [6.45, 7) is 10.0. The molecule has 3 saturated heterocycles. The predicted molar refractivity (Wildman–Crippen MR) is 98.4 cm³/mol. The van der Waals surface area contributed by atoms with Crippen LogP contribution < -0.4 is 0 Å². The zero-order valence-corrected chi connectivity index (χ0v) is 16.6. The third-order valence-corrected chi connectivity index (χ3v) is 7.32. The lowest BCUT2D eigenvalue weighted by Crippen LogP contribution is -2.72. The topological polar surface area (TPSA) is 28.6 Å². The zero-order valence-electron chi connectivity index (χ0n) is 15.8. The Kier molecular flexibility index (Phi) is 5.20. The van der Waals surface area contributed by atoms with E-state index in [2.05, 4.69) is 21.1 Å². The molecular weight excluding hydrogens is 375 g/mol. The highest BCUT2D eigenvalue weighted by molar-refractivity contribution is 7.97. The van der Waals surface area contributed by atoms with Gasteiger partial charge in [-0.3, -0.25) is 4.90 Å². The lowest BCUT2D eigenvalue weighted by atomic mass is 9.72. The molecule has 4 rings (SSSR count). The molecule has 150 valence electrons. The number of rotatable bonds is 4. The van der Waals surface area contributed by atoms with Gasteiger partial charge in [0.1, 0.15) is 5.69 Å². The molecule has 1 spiro atoms. The molecule has 27 heavy (non-hydrogen) atoms. The van der Waals surface area contributed by atoms with Crippen molar-refractivity contribution >= 4 is 11.9 Å². The molecule has 8 heteroatoms. The van der Waals surface area contributed by atoms with E-state index in [4.69, 9.17) is 4.74 Å². The van der Waals surface area contributed by atoms with E-state index in [0.717, 1.165) is 69.1 Å². The van der Waals surface area contributed by atoms with Crippen molar-refractivity contribution in [3.8, 4) is 0 Å². The lowest BCUT2D eigenvalue weighted by Gasteiger charge is -2.62. The number of halogens is 3. The van der Waals surface area contributed by atoms with Crippen molar-refractivity contribution in [3.63, 3.8) is 0 Å². The van der Waals surface area contributed by atoms with Crippen molar-refractivity contribution in [1.29, 1.82) is 0 Å². The molecule has 3 fully saturated rings. The number of alkyl halides is 3. The van der Waals surface area contributed by atoms with Crippen LogP contribution in [0.4, 0.5) is 13.2 Å². The maximum absolute atomic E-state index is 12.7. The largest absolute Gasteiger partial charge is 0.433 e. The first-order valence-electron chi connectivity index (χ1n) is 9.55. The third-order valence-electron chi connectivity index (χ3n) is 6.18. The van der Waals surface area contributed by atoms with Crippen molar-refractivity contribution in [3.05, 3.63) is 23.5 Å². The van der Waals surface area contributed by atoms with Crippen LogP contribution in [0.3, 0.4) is 0 Å². The Hall–Kier alpha value is -0.830. The number of aryl methyl sites for hydroxylation is 1. The molecule has 0 bridgehead atoms. The Bertz CT molecular complexity index is 679. The van der Waals surface area contributed by atoms with E-state index in [0.29, 0.717) is 17.2 Å². The highest BCUT2D eigenvalue weighted by Crippen LogP contribution is 2.46. The van der Waals surface area contributed by atoms with Gasteiger partial charge in [0, 0.05) is 55.7 Å². The van der Waals surface area contributed by atoms with E-state index in [1.807, 2.05) is 0 Å². The first kappa shape index (κ1) is 19.5. The van der Waals surface area contributed by atoms with Gasteiger partial charge < -0.3 is 4.74 Å². The van der Waals surface area contributed by atoms with Crippen LogP contribution in [0, 0.1) is 18.3 Å². The van der Waals surface area contributed by atoms with Crippen LogP contribution >= 0.6 is 11.9 Å². The fourth-order valence-corrected chi connectivity index (χ4v) is 5.77. The summed E-state index contributed by atoms with van der Waals surface area (Å²) in [7, 11) is 0. The van der Waals surface area contributed by atoms with E-state index in [1.165, 1.54) is 11.9 Å². The Morgan fingerprint density at radius 1 is 1.19 bits per heavy atom. The average molecular weight is 401 g/mol. The van der Waals surface area contributed by atoms with Crippen molar-refractivity contribution in [2.45, 2.75) is 43.8 Å². The summed E-state index contributed by atoms with van der Waals surface area (Å²) in [5.74, 6) is 0.738. The average Bonchev–Trinajstić information content (AvgIpc) is 2.56. The maximum Gasteiger partial charge on any atom is 0.433 e. The minimum atomic E-state index is -4.38. The molecule has 3 aliphatic heterocycles. The van der Waals surface area contributed by atoms with Crippen LogP contribution in [0.2, 0.25) is 0 Å². The number of aromatic nitrogens is 1. The molecule has 1 unspecified atom stereocenters. The van der Waals surface area contributed by atoms with Crippen molar-refractivity contribution in [2.75, 3.05) is 39.4 Å². The summed E-state index contributed by atoms with van der Waals surface area (Å²) in [4.78, 5) is 7.12. The standard InChI is InChI=1S/C19H26F3N3OS/c1-13-16(3-4-17(23-13)19(20,21)22)27-25-11-18(12-25)9-24(10-18)14(2)15-5-7-26-8-6-15/h3-4,14-15H,5-12H2,1-2H3. The van der Waals surface area contributed by atoms with Crippen molar-refractivity contribution in [1.82, 2.24) is 14.2 Å². The number of ether oxygens (including phenoxy) is 1. The van der Waals surface area contributed by atoms with Crippen molar-refractivity contribution in [2.24, 2.45) is 11.3 Å². The van der Waals surface area contributed by atoms with E-state index in [1.54, 1.807) is 13.0 Å². The smallest absolute Gasteiger partial charge is 0.381 e. The highest BCUT2D eigenvalue weighted by atomic mass is 32.2. The predicted octanol–water partition coefficient (Wildman–Crippen LogP) is 3.85. The molecule has 4 heterocycles. The molecule has 0 aromatic carbocycles. The van der Waals surface area contributed by atoms with Crippen LogP contribution in [-0.4, -0.2) is 59.6 Å². The maximum atomic E-state index is 12.7. The first-order chi connectivity index (χ1) is 12.8. The summed E-state index contributed by atoms with van der Waals surface area (Å²) >= 11 is 1.53. The van der Waals surface area contributed by atoms with E-state index >= 15 is 0 Å². The molecule has 0 amide bonds. The summed E-state index contributed by atoms with van der Waals surface area (Å²) < 4.78 is 45.9. The zero-order chi connectivity index (χ0) is 19.2. The van der Waals surface area contributed by atoms with Gasteiger partial charge in [-0.25, -0.2) is 9.29 Å². The molecule has 3 aliphatic rings. The van der Waals surface area contributed by atoms with Gasteiger partial charge in [-0.1, -0.05) is 0 Å². The Labute approximate surface area is 162 Å². The quantitative estimate of drug-likeness (QED) is 0.715. The molecule has 0 aliphatic carbocycles. The second-order valence-corrected chi connectivity index (χ2v) is 9.40. The molecule has 1 aromatic rings. The molecule has 4 nitrogen and oxygen atoms in total. The van der Waals surface area contributed by atoms with Gasteiger partial charge in [0.15, 0.2) is 0 Å². The normalized spacial score (nSPS) is 25.2. The number of likely N-dealkylation sites (tertiary alicyclic amines) is 1. The lowest BCUT2D eigenvalue weighted by molar-refractivity contribution is -0.141. The molecular formula is C19H26F3N3OS. The summed E-state index contributed by atoms with van der Waals surface area (Å²) in [6, 6.07) is 3.23. The van der Waals surface area contributed by atoms with Crippen LogP contribution in [0.1, 0.15) is 31.2 Å². The minimum Gasteiger partial charge on any atom is -0.381 e. The van der Waals surface area contributed by atoms with Crippen LogP contribution in [0.5, 0.6) is 0 Å². The summed E-state index contributed by atoms with van der Waals surface area (Å²) in [5, 5.41) is 0. The van der Waals surface area contributed by atoms with Crippen LogP contribution in [0.25, 0.3) is 0 Å². The Morgan fingerprint density at radius 3 is 2.44 bits per heavy atom. The van der Waals surface area contributed by atoms with E-state index in [9.17, 15) is 13.2 Å². The van der Waals surface area contributed by atoms with Gasteiger partial charge in [-0.15, -0.1) is 0 Å². The number of hydrogen-bond donors (Lipinski definition) is 0. The number of pyridine rings is 1. The Balaban J connectivity index is 1.26. The number of hydrogen-bond acceptors (Lipinski definition) is 5. The fourth-order valence-electron chi connectivity index (χ4n) is 4.51. The summed E-state index contributed by atoms with van der Waals surface area (Å²) in [6.07, 6.45) is -2.06. The second kappa shape index (κ2) is 7.21. The first-order valence-corrected chi connectivity index (χ1v) is 10.3. The van der Waals surface area contributed by atoms with Gasteiger partial charge in [-0.2, -0.15) is 13.2 Å². The molecule has 0 N–H and O–H groups in total. The van der Waals surface area contributed by atoms with Gasteiger partial charge in [0.25, 0.3) is 0 Å². The second-order valence-electron chi connectivity index (χ2n) is 8.26. The summed E-state index contributed by atoms with van der Waals surface area (Å²) in [5.41, 5.74) is -0.0000349. The number of nitrogens with zero attached hydrogens (tertiary/aromatic N) is 3. The molecule has 0 saturated carbocycles. The van der Waals surface area contributed by atoms with Crippen molar-refractivity contribution < 1.29 is 17.9 Å². The highest BCUT2D eigenvalue weighted by Gasteiger charge is 2.53. The minimum absolute atomic E-state index is 0.375. The van der Waals surface area contributed by atoms with Gasteiger partial charge in [0.05, 0.1) is 5.69 Å².